The van der Waals surface area contributed by atoms with E-state index in [4.69, 9.17) is 4.74 Å². The Hall–Kier alpha value is -2.87. The first-order valence-corrected chi connectivity index (χ1v) is 11.3. The molecule has 2 aromatic rings. The maximum atomic E-state index is 12.6. The number of rotatable bonds is 10. The Morgan fingerprint density at radius 3 is 2.03 bits per heavy atom. The number of halogens is 1. The maximum Gasteiger partial charge on any atom is 0.408 e. The number of carbonyl (C=O) groups excluding carboxylic acids is 3. The molecule has 0 aliphatic rings. The van der Waals surface area contributed by atoms with Gasteiger partial charge in [-0.3, -0.25) is 9.59 Å². The van der Waals surface area contributed by atoms with Crippen LogP contribution in [0.2, 0.25) is 0 Å². The van der Waals surface area contributed by atoms with E-state index in [0.717, 1.165) is 16.5 Å². The van der Waals surface area contributed by atoms with E-state index < -0.39 is 24.1 Å². The van der Waals surface area contributed by atoms with Gasteiger partial charge in [0.2, 0.25) is 11.8 Å². The third kappa shape index (κ3) is 8.05. The Kier molecular flexibility index (Phi) is 10.0. The fourth-order valence-corrected chi connectivity index (χ4v) is 3.17. The molecule has 0 heterocycles. The Bertz CT molecular complexity index is 859. The average molecular weight is 490 g/mol. The number of benzene rings is 2. The molecule has 3 N–H and O–H groups in total. The molecule has 31 heavy (non-hydrogen) atoms. The summed E-state index contributed by atoms with van der Waals surface area (Å²) in [5, 5.41) is 8.80. The van der Waals surface area contributed by atoms with Crippen molar-refractivity contribution in [3.63, 3.8) is 0 Å². The Morgan fingerprint density at radius 1 is 0.839 bits per heavy atom. The Balaban J connectivity index is 1.87. The van der Waals surface area contributed by atoms with Crippen LogP contribution >= 0.6 is 15.9 Å². The minimum Gasteiger partial charge on any atom is -0.445 e. The lowest BCUT2D eigenvalue weighted by Gasteiger charge is -2.21. The topological polar surface area (TPSA) is 96.5 Å². The van der Waals surface area contributed by atoms with E-state index in [1.54, 1.807) is 13.8 Å². The second-order valence-corrected chi connectivity index (χ2v) is 7.52. The number of amides is 3. The van der Waals surface area contributed by atoms with Crippen molar-refractivity contribution in [2.45, 2.75) is 50.7 Å². The van der Waals surface area contributed by atoms with Crippen molar-refractivity contribution < 1.29 is 19.1 Å². The number of ether oxygens (including phenoxy) is 1. The number of hydrogen-bond acceptors (Lipinski definition) is 4. The molecule has 166 valence electrons. The number of carbonyl (C=O) groups is 3. The van der Waals surface area contributed by atoms with Crippen LogP contribution in [0.25, 0.3) is 0 Å². The highest BCUT2D eigenvalue weighted by atomic mass is 79.9. The maximum absolute atomic E-state index is 12.6. The van der Waals surface area contributed by atoms with E-state index in [0.29, 0.717) is 18.5 Å². The van der Waals surface area contributed by atoms with E-state index in [9.17, 15) is 14.4 Å². The van der Waals surface area contributed by atoms with Crippen molar-refractivity contribution in [3.05, 3.63) is 65.7 Å². The van der Waals surface area contributed by atoms with Gasteiger partial charge in [0.25, 0.3) is 0 Å². The molecular formula is C23H28BrN3O4. The first kappa shape index (κ1) is 24.4. The van der Waals surface area contributed by atoms with Gasteiger partial charge < -0.3 is 20.7 Å². The quantitative estimate of drug-likeness (QED) is 0.437. The highest BCUT2D eigenvalue weighted by Crippen LogP contribution is 2.12. The molecule has 2 rings (SSSR count). The lowest BCUT2D eigenvalue weighted by atomic mass is 10.1. The highest BCUT2D eigenvalue weighted by molar-refractivity contribution is 9.08. The number of hydrogen-bond donors (Lipinski definition) is 3. The van der Waals surface area contributed by atoms with Crippen molar-refractivity contribution in [2.75, 3.05) is 5.32 Å². The van der Waals surface area contributed by atoms with Gasteiger partial charge in [0.1, 0.15) is 18.7 Å². The van der Waals surface area contributed by atoms with Gasteiger partial charge in [-0.05, 0) is 36.1 Å². The van der Waals surface area contributed by atoms with E-state index >= 15 is 0 Å². The first-order valence-electron chi connectivity index (χ1n) is 10.2. The SMILES string of the molecule is CCC(NC(=O)OCc1ccccc1)C(=O)N[C@@H](CC)C(=O)Nc1ccc(CBr)cc1. The van der Waals surface area contributed by atoms with Crippen LogP contribution in [0.5, 0.6) is 0 Å². The summed E-state index contributed by atoms with van der Waals surface area (Å²) in [7, 11) is 0. The predicted octanol–water partition coefficient (Wildman–Crippen LogP) is 4.12. The number of alkyl halides is 1. The normalized spacial score (nSPS) is 12.4. The lowest BCUT2D eigenvalue weighted by molar-refractivity contribution is -0.128. The van der Waals surface area contributed by atoms with E-state index in [1.807, 2.05) is 54.6 Å². The van der Waals surface area contributed by atoms with E-state index in [-0.39, 0.29) is 12.5 Å². The van der Waals surface area contributed by atoms with Crippen molar-refractivity contribution in [2.24, 2.45) is 0 Å². The first-order chi connectivity index (χ1) is 15.0. The number of nitrogens with one attached hydrogen (secondary N) is 3. The molecule has 0 radical (unpaired) electrons. The molecule has 0 saturated heterocycles. The van der Waals surface area contributed by atoms with Crippen molar-refractivity contribution in [3.8, 4) is 0 Å². The summed E-state index contributed by atoms with van der Waals surface area (Å²) >= 11 is 3.38. The molecule has 2 aromatic carbocycles. The van der Waals surface area contributed by atoms with Gasteiger partial charge >= 0.3 is 6.09 Å². The van der Waals surface area contributed by atoms with Crippen LogP contribution < -0.4 is 16.0 Å². The molecule has 3 amide bonds. The van der Waals surface area contributed by atoms with Gasteiger partial charge in [-0.25, -0.2) is 4.79 Å². The molecule has 0 spiro atoms. The summed E-state index contributed by atoms with van der Waals surface area (Å²) in [6.07, 6.45) is 0.0832. The predicted molar refractivity (Wildman–Crippen MR) is 124 cm³/mol. The van der Waals surface area contributed by atoms with E-state index in [1.165, 1.54) is 0 Å². The molecule has 0 saturated carbocycles. The van der Waals surface area contributed by atoms with Crippen LogP contribution in [0.3, 0.4) is 0 Å². The molecule has 0 bridgehead atoms. The molecule has 7 nitrogen and oxygen atoms in total. The minimum atomic E-state index is -0.802. The smallest absolute Gasteiger partial charge is 0.408 e. The summed E-state index contributed by atoms with van der Waals surface area (Å²) in [6, 6.07) is 15.2. The molecule has 8 heteroatoms. The van der Waals surface area contributed by atoms with Gasteiger partial charge in [0.05, 0.1) is 0 Å². The van der Waals surface area contributed by atoms with Crippen molar-refractivity contribution >= 4 is 39.5 Å². The standard InChI is InChI=1S/C23H28BrN3O4/c1-3-19(21(28)25-18-12-10-16(14-24)11-13-18)26-22(29)20(4-2)27-23(30)31-15-17-8-6-5-7-9-17/h5-13,19-20H,3-4,14-15H2,1-2H3,(H,25,28)(H,26,29)(H,27,30)/t19-,20?/m0/s1. The van der Waals surface area contributed by atoms with E-state index in [2.05, 4.69) is 31.9 Å². The summed E-state index contributed by atoms with van der Waals surface area (Å²) in [5.41, 5.74) is 2.59. The van der Waals surface area contributed by atoms with Crippen LogP contribution in [0.15, 0.2) is 54.6 Å². The molecule has 0 aromatic heterocycles. The molecule has 2 atom stereocenters. The van der Waals surface area contributed by atoms with Gasteiger partial charge in [-0.2, -0.15) is 0 Å². The van der Waals surface area contributed by atoms with Crippen LogP contribution in [0.1, 0.15) is 37.8 Å². The summed E-state index contributed by atoms with van der Waals surface area (Å²) in [6.45, 7) is 3.69. The van der Waals surface area contributed by atoms with Gasteiger partial charge in [0, 0.05) is 11.0 Å². The van der Waals surface area contributed by atoms with Crippen LogP contribution in [0, 0.1) is 0 Å². The fraction of sp³-hybridized carbons (Fsp3) is 0.348. The van der Waals surface area contributed by atoms with Crippen LogP contribution in [-0.2, 0) is 26.3 Å². The van der Waals surface area contributed by atoms with Crippen molar-refractivity contribution in [1.29, 1.82) is 0 Å². The Labute approximate surface area is 191 Å². The molecular weight excluding hydrogens is 462 g/mol. The summed E-state index contributed by atoms with van der Waals surface area (Å²) in [5.74, 6) is -0.750. The zero-order valence-corrected chi connectivity index (χ0v) is 19.3. The second-order valence-electron chi connectivity index (χ2n) is 6.96. The molecule has 0 aliphatic heterocycles. The Morgan fingerprint density at radius 2 is 1.45 bits per heavy atom. The van der Waals surface area contributed by atoms with Gasteiger partial charge in [-0.15, -0.1) is 0 Å². The largest absolute Gasteiger partial charge is 0.445 e. The van der Waals surface area contributed by atoms with Crippen LogP contribution in [0.4, 0.5) is 10.5 Å². The lowest BCUT2D eigenvalue weighted by Crippen LogP contribution is -2.52. The summed E-state index contributed by atoms with van der Waals surface area (Å²) < 4.78 is 5.17. The minimum absolute atomic E-state index is 0.110. The summed E-state index contributed by atoms with van der Waals surface area (Å²) in [4.78, 5) is 37.3. The average Bonchev–Trinajstić information content (AvgIpc) is 2.80. The second kappa shape index (κ2) is 12.7. The number of anilines is 1. The van der Waals surface area contributed by atoms with Crippen LogP contribution in [-0.4, -0.2) is 30.0 Å². The third-order valence-corrected chi connectivity index (χ3v) is 5.29. The van der Waals surface area contributed by atoms with Gasteiger partial charge in [-0.1, -0.05) is 72.2 Å². The molecule has 0 aliphatic carbocycles. The highest BCUT2D eigenvalue weighted by Gasteiger charge is 2.25. The fourth-order valence-electron chi connectivity index (χ4n) is 2.79. The van der Waals surface area contributed by atoms with Gasteiger partial charge in [0.15, 0.2) is 0 Å². The zero-order chi connectivity index (χ0) is 22.6. The molecule has 0 fully saturated rings. The number of alkyl carbamates (subject to hydrolysis) is 1. The van der Waals surface area contributed by atoms with Crippen molar-refractivity contribution in [1.82, 2.24) is 10.6 Å². The molecule has 1 unspecified atom stereocenters. The third-order valence-electron chi connectivity index (χ3n) is 4.65. The monoisotopic (exact) mass is 489 g/mol. The zero-order valence-electron chi connectivity index (χ0n) is 17.7.